The van der Waals surface area contributed by atoms with Crippen molar-refractivity contribution in [3.63, 3.8) is 0 Å². The topological polar surface area (TPSA) is 50.5 Å². The molecule has 1 aromatic heterocycles. The van der Waals surface area contributed by atoms with Crippen LogP contribution >= 0.6 is 11.7 Å². The summed E-state index contributed by atoms with van der Waals surface area (Å²) in [4.78, 5) is 9.75. The van der Waals surface area contributed by atoms with Crippen molar-refractivity contribution >= 4 is 33.5 Å². The second-order valence-electron chi connectivity index (χ2n) is 5.85. The third-order valence-corrected chi connectivity index (χ3v) is 4.85. The average molecular weight is 280 g/mol. The van der Waals surface area contributed by atoms with Crippen LogP contribution in [0.1, 0.15) is 24.0 Å². The molecule has 3 aromatic rings. The highest BCUT2D eigenvalue weighted by molar-refractivity contribution is 7.00. The first-order valence-corrected chi connectivity index (χ1v) is 7.55. The van der Waals surface area contributed by atoms with Crippen molar-refractivity contribution in [1.29, 1.82) is 0 Å². The molecule has 0 radical (unpaired) electrons. The summed E-state index contributed by atoms with van der Waals surface area (Å²) in [7, 11) is 0. The number of hydrogen-bond acceptors (Lipinski definition) is 5. The second kappa shape index (κ2) is 3.23. The summed E-state index contributed by atoms with van der Waals surface area (Å²) in [5.74, 6) is 0. The van der Waals surface area contributed by atoms with Crippen LogP contribution in [0.5, 0.6) is 0 Å². The molecule has 0 N–H and O–H groups in total. The number of aryl methyl sites for hydroxylation is 2. The summed E-state index contributed by atoms with van der Waals surface area (Å²) in [6, 6.07) is 4.38. The first-order valence-electron chi connectivity index (χ1n) is 6.82. The Morgan fingerprint density at radius 1 is 0.900 bits per heavy atom. The molecule has 2 aliphatic rings. The van der Waals surface area contributed by atoms with E-state index in [-0.39, 0.29) is 5.66 Å². The van der Waals surface area contributed by atoms with Crippen molar-refractivity contribution in [2.24, 2.45) is 9.98 Å². The number of nitrogens with zero attached hydrogens (tertiary/aromatic N) is 4. The van der Waals surface area contributed by atoms with Crippen molar-refractivity contribution in [1.82, 2.24) is 8.75 Å². The standard InChI is InChI=1S/C15H12N4S/c1-7-5-10-9(6-8(2)12-14(10)19-20-18-12)13-11(7)16-15(17-13)3-4-15/h5-6H,3-4H2,1-2H3. The lowest BCUT2D eigenvalue weighted by Crippen LogP contribution is -2.25. The third-order valence-electron chi connectivity index (χ3n) is 4.32. The molecule has 1 aliphatic carbocycles. The molecule has 1 saturated carbocycles. The maximum Gasteiger partial charge on any atom is 0.152 e. The van der Waals surface area contributed by atoms with Crippen LogP contribution in [0.25, 0.3) is 21.8 Å². The van der Waals surface area contributed by atoms with E-state index >= 15 is 0 Å². The van der Waals surface area contributed by atoms with Crippen molar-refractivity contribution in [2.75, 3.05) is 0 Å². The first kappa shape index (κ1) is 10.9. The minimum Gasteiger partial charge on any atom is -0.253 e. The summed E-state index contributed by atoms with van der Waals surface area (Å²) < 4.78 is 8.89. The van der Waals surface area contributed by atoms with E-state index in [1.807, 2.05) is 0 Å². The fourth-order valence-electron chi connectivity index (χ4n) is 3.09. The van der Waals surface area contributed by atoms with Gasteiger partial charge in [0.15, 0.2) is 5.66 Å². The summed E-state index contributed by atoms with van der Waals surface area (Å²) in [5, 5.41) is 4.48. The Morgan fingerprint density at radius 3 is 2.40 bits per heavy atom. The van der Waals surface area contributed by atoms with E-state index in [4.69, 9.17) is 9.98 Å². The Balaban J connectivity index is 2.10. The van der Waals surface area contributed by atoms with Gasteiger partial charge in [-0.1, -0.05) is 0 Å². The van der Waals surface area contributed by atoms with Gasteiger partial charge in [0.05, 0.1) is 22.4 Å². The Morgan fingerprint density at radius 2 is 1.60 bits per heavy atom. The molecule has 2 heterocycles. The highest BCUT2D eigenvalue weighted by Crippen LogP contribution is 2.41. The predicted molar refractivity (Wildman–Crippen MR) is 78.7 cm³/mol. The van der Waals surface area contributed by atoms with Crippen LogP contribution in [-0.4, -0.2) is 14.4 Å². The molecule has 5 heteroatoms. The highest BCUT2D eigenvalue weighted by atomic mass is 32.1. The largest absolute Gasteiger partial charge is 0.253 e. The van der Waals surface area contributed by atoms with Gasteiger partial charge in [-0.15, -0.1) is 0 Å². The lowest BCUT2D eigenvalue weighted by molar-refractivity contribution is 0.718. The predicted octanol–water partition coefficient (Wildman–Crippen LogP) is 2.20. The summed E-state index contributed by atoms with van der Waals surface area (Å²) in [5.41, 5.74) is 4.25. The number of aromatic nitrogens is 2. The molecule has 0 unspecified atom stereocenters. The van der Waals surface area contributed by atoms with Gasteiger partial charge in [-0.25, -0.2) is 0 Å². The van der Waals surface area contributed by atoms with Gasteiger partial charge in [-0.05, 0) is 49.9 Å². The van der Waals surface area contributed by atoms with Crippen LogP contribution in [0.4, 0.5) is 0 Å². The van der Waals surface area contributed by atoms with Gasteiger partial charge in [-0.2, -0.15) is 8.75 Å². The minimum absolute atomic E-state index is 0.120. The zero-order valence-corrected chi connectivity index (χ0v) is 12.1. The maximum atomic E-state index is 4.90. The molecule has 0 amide bonds. The molecular formula is C15H12N4S. The van der Waals surface area contributed by atoms with Crippen molar-refractivity contribution in [2.45, 2.75) is 32.4 Å². The molecule has 2 aromatic carbocycles. The number of benzene rings is 2. The Bertz CT molecular complexity index is 1030. The molecular weight excluding hydrogens is 268 g/mol. The molecule has 1 aliphatic heterocycles. The molecule has 0 bridgehead atoms. The van der Waals surface area contributed by atoms with E-state index in [1.165, 1.54) is 28.2 Å². The molecule has 20 heavy (non-hydrogen) atoms. The zero-order chi connectivity index (χ0) is 13.5. The van der Waals surface area contributed by atoms with Gasteiger partial charge in [-0.3, -0.25) is 9.98 Å². The van der Waals surface area contributed by atoms with E-state index < -0.39 is 0 Å². The van der Waals surface area contributed by atoms with Gasteiger partial charge < -0.3 is 0 Å². The summed E-state index contributed by atoms with van der Waals surface area (Å²) in [6.45, 7) is 4.21. The molecule has 0 saturated heterocycles. The van der Waals surface area contributed by atoms with E-state index in [9.17, 15) is 0 Å². The van der Waals surface area contributed by atoms with Gasteiger partial charge in [0.1, 0.15) is 11.0 Å². The summed E-state index contributed by atoms with van der Waals surface area (Å²) >= 11 is 1.28. The monoisotopic (exact) mass is 280 g/mol. The zero-order valence-electron chi connectivity index (χ0n) is 11.3. The molecule has 4 nitrogen and oxygen atoms in total. The van der Waals surface area contributed by atoms with Crippen LogP contribution < -0.4 is 10.7 Å². The van der Waals surface area contributed by atoms with E-state index in [1.54, 1.807) is 0 Å². The maximum absolute atomic E-state index is 4.90. The van der Waals surface area contributed by atoms with Crippen molar-refractivity contribution < 1.29 is 0 Å². The number of hydrogen-bond donors (Lipinski definition) is 0. The van der Waals surface area contributed by atoms with E-state index in [0.717, 1.165) is 40.0 Å². The first-order chi connectivity index (χ1) is 9.67. The van der Waals surface area contributed by atoms with Gasteiger partial charge in [0.2, 0.25) is 0 Å². The molecule has 1 fully saturated rings. The summed E-state index contributed by atoms with van der Waals surface area (Å²) in [6.07, 6.45) is 2.17. The molecule has 98 valence electrons. The van der Waals surface area contributed by atoms with Crippen LogP contribution in [0.2, 0.25) is 0 Å². The number of fused-ring (bicyclic) bond motifs is 5. The second-order valence-corrected chi connectivity index (χ2v) is 6.38. The quantitative estimate of drug-likeness (QED) is 0.634. The third kappa shape index (κ3) is 1.21. The van der Waals surface area contributed by atoms with E-state index in [0.29, 0.717) is 0 Å². The molecule has 0 atom stereocenters. The lowest BCUT2D eigenvalue weighted by Gasteiger charge is -2.03. The van der Waals surface area contributed by atoms with Crippen LogP contribution in [-0.2, 0) is 0 Å². The van der Waals surface area contributed by atoms with Crippen molar-refractivity contribution in [3.8, 4) is 0 Å². The average Bonchev–Trinajstić information content (AvgIpc) is 2.88. The van der Waals surface area contributed by atoms with Crippen LogP contribution in [0, 0.1) is 13.8 Å². The SMILES string of the molecule is Cc1cc2c(cc(C)c3nsnc32)c2c1=NC1(CC1)N=2. The van der Waals surface area contributed by atoms with Gasteiger partial charge in [0.25, 0.3) is 0 Å². The van der Waals surface area contributed by atoms with Gasteiger partial charge >= 0.3 is 0 Å². The van der Waals surface area contributed by atoms with E-state index in [2.05, 4.69) is 34.7 Å². The Labute approximate surface area is 119 Å². The van der Waals surface area contributed by atoms with Gasteiger partial charge in [0, 0.05) is 10.8 Å². The smallest absolute Gasteiger partial charge is 0.152 e. The highest BCUT2D eigenvalue weighted by Gasteiger charge is 2.44. The molecule has 5 rings (SSSR count). The minimum atomic E-state index is -0.120. The number of rotatable bonds is 0. The Kier molecular flexibility index (Phi) is 1.75. The fraction of sp³-hybridized carbons (Fsp3) is 0.333. The van der Waals surface area contributed by atoms with Crippen LogP contribution in [0.15, 0.2) is 22.1 Å². The molecule has 1 spiro atoms. The van der Waals surface area contributed by atoms with Crippen LogP contribution in [0.3, 0.4) is 0 Å². The Hall–Kier alpha value is -1.88. The lowest BCUT2D eigenvalue weighted by atomic mass is 10.0. The fourth-order valence-corrected chi connectivity index (χ4v) is 3.71. The normalized spacial score (nSPS) is 18.3. The van der Waals surface area contributed by atoms with Crippen molar-refractivity contribution in [3.05, 3.63) is 34.0 Å².